The zero-order valence-corrected chi connectivity index (χ0v) is 6.73. The summed E-state index contributed by atoms with van der Waals surface area (Å²) in [7, 11) is 0. The monoisotopic (exact) mass is 148 g/mol. The van der Waals surface area contributed by atoms with E-state index in [0.29, 0.717) is 6.54 Å². The van der Waals surface area contributed by atoms with Crippen LogP contribution in [0.1, 0.15) is 20.3 Å². The fourth-order valence-corrected chi connectivity index (χ4v) is 0.841. The number of alkyl halides is 1. The van der Waals surface area contributed by atoms with E-state index in [9.17, 15) is 4.39 Å². The molecular formula is C7H17FN2. The quantitative estimate of drug-likeness (QED) is 0.530. The Balaban J connectivity index is 0.000000371. The lowest BCUT2D eigenvalue weighted by atomic mass is 10.1. The maximum Gasteiger partial charge on any atom is 0.128 e. The first-order valence-electron chi connectivity index (χ1n) is 3.91. The Bertz CT molecular complexity index is 68.0. The third kappa shape index (κ3) is 3.13. The second-order valence-electron chi connectivity index (χ2n) is 2.17. The van der Waals surface area contributed by atoms with E-state index in [1.165, 1.54) is 0 Å². The van der Waals surface area contributed by atoms with Crippen molar-refractivity contribution in [3.8, 4) is 0 Å². The van der Waals surface area contributed by atoms with Crippen LogP contribution < -0.4 is 11.1 Å². The third-order valence-electron chi connectivity index (χ3n) is 1.46. The first-order chi connectivity index (χ1) is 4.80. The van der Waals surface area contributed by atoms with Crippen molar-refractivity contribution < 1.29 is 4.39 Å². The van der Waals surface area contributed by atoms with Crippen molar-refractivity contribution in [1.29, 1.82) is 0 Å². The van der Waals surface area contributed by atoms with Gasteiger partial charge in [-0.05, 0) is 13.0 Å². The first-order valence-corrected chi connectivity index (χ1v) is 3.91. The fourth-order valence-electron chi connectivity index (χ4n) is 0.841. The summed E-state index contributed by atoms with van der Waals surface area (Å²) in [6.45, 7) is 5.29. The number of nitrogens with one attached hydrogen (secondary N) is 1. The minimum absolute atomic E-state index is 0.226. The van der Waals surface area contributed by atoms with Crippen molar-refractivity contribution in [2.24, 2.45) is 5.73 Å². The molecule has 2 atom stereocenters. The first kappa shape index (κ1) is 9.85. The van der Waals surface area contributed by atoms with E-state index in [1.54, 1.807) is 0 Å². The molecule has 0 bridgehead atoms. The van der Waals surface area contributed by atoms with E-state index in [4.69, 9.17) is 5.73 Å². The number of halogens is 1. The number of hydrogen-bond donors (Lipinski definition) is 2. The Morgan fingerprint density at radius 1 is 1.50 bits per heavy atom. The average Bonchev–Trinajstić information content (AvgIpc) is 2.00. The van der Waals surface area contributed by atoms with Crippen molar-refractivity contribution in [3.63, 3.8) is 0 Å². The van der Waals surface area contributed by atoms with E-state index < -0.39 is 6.17 Å². The Kier molecular flexibility index (Phi) is 5.54. The molecule has 0 aromatic heterocycles. The van der Waals surface area contributed by atoms with Gasteiger partial charge in [0.2, 0.25) is 0 Å². The summed E-state index contributed by atoms with van der Waals surface area (Å²) in [6, 6.07) is -0.226. The zero-order valence-electron chi connectivity index (χ0n) is 6.73. The van der Waals surface area contributed by atoms with Gasteiger partial charge in [-0.15, -0.1) is 0 Å². The highest BCUT2D eigenvalue weighted by Crippen LogP contribution is 2.03. The minimum atomic E-state index is -0.830. The predicted octanol–water partition coefficient (Wildman–Crippen LogP) is 0.671. The summed E-state index contributed by atoms with van der Waals surface area (Å²) in [6.07, 6.45) is -0.0648. The van der Waals surface area contributed by atoms with Crippen LogP contribution in [0.15, 0.2) is 0 Å². The molecule has 2 unspecified atom stereocenters. The van der Waals surface area contributed by atoms with Gasteiger partial charge in [0.15, 0.2) is 0 Å². The second-order valence-corrected chi connectivity index (χ2v) is 2.17. The van der Waals surface area contributed by atoms with Crippen LogP contribution in [0.5, 0.6) is 0 Å². The molecule has 0 radical (unpaired) electrons. The second kappa shape index (κ2) is 5.62. The molecule has 10 heavy (non-hydrogen) atoms. The van der Waals surface area contributed by atoms with Gasteiger partial charge in [-0.3, -0.25) is 0 Å². The molecular weight excluding hydrogens is 131 g/mol. The van der Waals surface area contributed by atoms with Gasteiger partial charge in [0.05, 0.1) is 0 Å². The molecule has 0 saturated carbocycles. The number of hydrogen-bond acceptors (Lipinski definition) is 2. The van der Waals surface area contributed by atoms with Crippen LogP contribution in [0.25, 0.3) is 0 Å². The maximum atomic E-state index is 12.4. The fraction of sp³-hybridized carbons (Fsp3) is 1.00. The summed E-state index contributed by atoms with van der Waals surface area (Å²) in [5.41, 5.74) is 5.36. The van der Waals surface area contributed by atoms with Crippen molar-refractivity contribution in [3.05, 3.63) is 0 Å². The van der Waals surface area contributed by atoms with Crippen LogP contribution in [0.2, 0.25) is 0 Å². The SMILES string of the molecule is CC.NC1CCNCC1F. The normalized spacial score (nSPS) is 32.4. The van der Waals surface area contributed by atoms with Crippen LogP contribution in [-0.4, -0.2) is 25.3 Å². The van der Waals surface area contributed by atoms with Crippen LogP contribution in [0.4, 0.5) is 4.39 Å². The zero-order chi connectivity index (χ0) is 7.98. The van der Waals surface area contributed by atoms with E-state index in [2.05, 4.69) is 5.32 Å². The molecule has 1 rings (SSSR count). The molecule has 3 N–H and O–H groups in total. The Morgan fingerprint density at radius 2 is 2.10 bits per heavy atom. The number of nitrogens with two attached hydrogens (primary N) is 1. The van der Waals surface area contributed by atoms with Crippen LogP contribution in [0, 0.1) is 0 Å². The third-order valence-corrected chi connectivity index (χ3v) is 1.46. The standard InChI is InChI=1S/C5H11FN2.C2H6/c6-4-3-8-2-1-5(4)7;1-2/h4-5,8H,1-3,7H2;1-2H3. The van der Waals surface area contributed by atoms with Crippen molar-refractivity contribution in [1.82, 2.24) is 5.32 Å². The lowest BCUT2D eigenvalue weighted by Crippen LogP contribution is -2.46. The smallest absolute Gasteiger partial charge is 0.128 e. The van der Waals surface area contributed by atoms with Gasteiger partial charge < -0.3 is 11.1 Å². The number of rotatable bonds is 0. The molecule has 1 aliphatic rings. The van der Waals surface area contributed by atoms with Gasteiger partial charge in [-0.2, -0.15) is 0 Å². The molecule has 1 saturated heterocycles. The molecule has 0 amide bonds. The molecule has 1 heterocycles. The lowest BCUT2D eigenvalue weighted by molar-refractivity contribution is 0.233. The Morgan fingerprint density at radius 3 is 2.40 bits per heavy atom. The minimum Gasteiger partial charge on any atom is -0.325 e. The summed E-state index contributed by atoms with van der Waals surface area (Å²) in [5, 5.41) is 2.91. The van der Waals surface area contributed by atoms with Crippen LogP contribution in [0.3, 0.4) is 0 Å². The topological polar surface area (TPSA) is 38.0 Å². The van der Waals surface area contributed by atoms with Crippen LogP contribution in [-0.2, 0) is 0 Å². The lowest BCUT2D eigenvalue weighted by Gasteiger charge is -2.22. The summed E-state index contributed by atoms with van der Waals surface area (Å²) < 4.78 is 12.4. The van der Waals surface area contributed by atoms with E-state index in [1.807, 2.05) is 13.8 Å². The summed E-state index contributed by atoms with van der Waals surface area (Å²) in [4.78, 5) is 0. The van der Waals surface area contributed by atoms with Gasteiger partial charge >= 0.3 is 0 Å². The molecule has 3 heteroatoms. The predicted molar refractivity (Wildman–Crippen MR) is 41.7 cm³/mol. The van der Waals surface area contributed by atoms with Crippen molar-refractivity contribution in [2.75, 3.05) is 13.1 Å². The van der Waals surface area contributed by atoms with Gasteiger partial charge in [-0.1, -0.05) is 13.8 Å². The summed E-state index contributed by atoms with van der Waals surface area (Å²) in [5.74, 6) is 0. The molecule has 62 valence electrons. The number of piperidine rings is 1. The van der Waals surface area contributed by atoms with Gasteiger partial charge in [0, 0.05) is 12.6 Å². The maximum absolute atomic E-state index is 12.4. The summed E-state index contributed by atoms with van der Waals surface area (Å²) >= 11 is 0. The van der Waals surface area contributed by atoms with Crippen LogP contribution >= 0.6 is 0 Å². The molecule has 0 aromatic carbocycles. The molecule has 0 spiro atoms. The highest BCUT2D eigenvalue weighted by atomic mass is 19.1. The Labute approximate surface area is 62.0 Å². The van der Waals surface area contributed by atoms with E-state index >= 15 is 0 Å². The molecule has 0 aliphatic carbocycles. The molecule has 0 aromatic rings. The van der Waals surface area contributed by atoms with Gasteiger partial charge in [0.1, 0.15) is 6.17 Å². The molecule has 1 fully saturated rings. The van der Waals surface area contributed by atoms with Gasteiger partial charge in [0.25, 0.3) is 0 Å². The average molecular weight is 148 g/mol. The van der Waals surface area contributed by atoms with E-state index in [-0.39, 0.29) is 6.04 Å². The van der Waals surface area contributed by atoms with Crippen molar-refractivity contribution in [2.45, 2.75) is 32.5 Å². The highest BCUT2D eigenvalue weighted by Gasteiger charge is 2.19. The van der Waals surface area contributed by atoms with E-state index in [0.717, 1.165) is 13.0 Å². The van der Waals surface area contributed by atoms with Gasteiger partial charge in [-0.25, -0.2) is 4.39 Å². The van der Waals surface area contributed by atoms with Crippen molar-refractivity contribution >= 4 is 0 Å². The molecule has 2 nitrogen and oxygen atoms in total. The largest absolute Gasteiger partial charge is 0.325 e. The highest BCUT2D eigenvalue weighted by molar-refractivity contribution is 4.79. The molecule has 1 aliphatic heterocycles. The Hall–Kier alpha value is -0.150.